The summed E-state index contributed by atoms with van der Waals surface area (Å²) >= 11 is 0. The Bertz CT molecular complexity index is 1530. The Morgan fingerprint density at radius 1 is 1.08 bits per heavy atom. The third kappa shape index (κ3) is 5.39. The lowest BCUT2D eigenvalue weighted by Gasteiger charge is -2.33. The molecule has 38 heavy (non-hydrogen) atoms. The highest BCUT2D eigenvalue weighted by molar-refractivity contribution is 5.81. The number of H-pyrrole nitrogens is 1. The minimum absolute atomic E-state index is 0.135. The Balaban J connectivity index is 1.58. The Labute approximate surface area is 220 Å². The molecule has 1 saturated heterocycles. The van der Waals surface area contributed by atoms with E-state index in [1.807, 2.05) is 55.5 Å². The maximum Gasteiger partial charge on any atom is 0.439 e. The van der Waals surface area contributed by atoms with E-state index in [-0.39, 0.29) is 12.1 Å². The molecule has 3 heterocycles. The molecule has 0 unspecified atom stereocenters. The molecule has 1 fully saturated rings. The molecule has 9 nitrogen and oxygen atoms in total. The number of hydrogen-bond acceptors (Lipinski definition) is 7. The number of aliphatic hydroxyl groups is 1. The number of nitrogens with zero attached hydrogens (tertiary/aromatic N) is 3. The second-order valence-corrected chi connectivity index (χ2v) is 9.93. The van der Waals surface area contributed by atoms with Crippen molar-refractivity contribution in [2.45, 2.75) is 58.1 Å². The van der Waals surface area contributed by atoms with Crippen molar-refractivity contribution in [3.8, 4) is 22.5 Å². The van der Waals surface area contributed by atoms with Crippen LogP contribution in [0.1, 0.15) is 48.8 Å². The van der Waals surface area contributed by atoms with Gasteiger partial charge in [-0.1, -0.05) is 61.0 Å². The molecular formula is C29H32N4O5. The van der Waals surface area contributed by atoms with Crippen molar-refractivity contribution >= 4 is 0 Å². The van der Waals surface area contributed by atoms with E-state index >= 15 is 0 Å². The summed E-state index contributed by atoms with van der Waals surface area (Å²) in [5.74, 6) is 0.291. The summed E-state index contributed by atoms with van der Waals surface area (Å²) in [5.41, 5.74) is 3.68. The number of benzene rings is 2. The van der Waals surface area contributed by atoms with Crippen molar-refractivity contribution in [1.29, 1.82) is 0 Å². The lowest BCUT2D eigenvalue weighted by atomic mass is 9.93. The molecule has 5 rings (SSSR count). The van der Waals surface area contributed by atoms with E-state index in [9.17, 15) is 14.7 Å². The lowest BCUT2D eigenvalue weighted by Crippen LogP contribution is -2.44. The summed E-state index contributed by atoms with van der Waals surface area (Å²) in [6.45, 7) is 5.01. The van der Waals surface area contributed by atoms with Gasteiger partial charge in [0.1, 0.15) is 5.82 Å². The summed E-state index contributed by atoms with van der Waals surface area (Å²) in [5, 5.41) is 15.0. The van der Waals surface area contributed by atoms with Crippen molar-refractivity contribution in [2.24, 2.45) is 0 Å². The minimum atomic E-state index is -0.999. The van der Waals surface area contributed by atoms with E-state index in [0.717, 1.165) is 28.8 Å². The van der Waals surface area contributed by atoms with E-state index < -0.39 is 11.4 Å². The van der Waals surface area contributed by atoms with Gasteiger partial charge in [-0.2, -0.15) is 0 Å². The average molecular weight is 517 g/mol. The molecule has 9 heteroatoms. The largest absolute Gasteiger partial charge is 0.439 e. The van der Waals surface area contributed by atoms with Gasteiger partial charge in [-0.15, -0.1) is 0 Å². The van der Waals surface area contributed by atoms with Crippen LogP contribution in [-0.4, -0.2) is 43.6 Å². The summed E-state index contributed by atoms with van der Waals surface area (Å²) in [6.07, 6.45) is 2.84. The molecule has 0 aliphatic carbocycles. The Kier molecular flexibility index (Phi) is 7.40. The summed E-state index contributed by atoms with van der Waals surface area (Å²) in [6, 6.07) is 15.7. The van der Waals surface area contributed by atoms with Crippen molar-refractivity contribution in [2.75, 3.05) is 13.2 Å². The van der Waals surface area contributed by atoms with Crippen LogP contribution in [0, 0.1) is 6.92 Å². The topological polar surface area (TPSA) is 123 Å². The van der Waals surface area contributed by atoms with Crippen molar-refractivity contribution in [3.63, 3.8) is 0 Å². The van der Waals surface area contributed by atoms with E-state index in [0.29, 0.717) is 61.7 Å². The molecule has 0 amide bonds. The Hall–Kier alpha value is -3.82. The predicted octanol–water partition coefficient (Wildman–Crippen LogP) is 3.65. The number of aromatic amines is 1. The van der Waals surface area contributed by atoms with Gasteiger partial charge >= 0.3 is 5.76 Å². The van der Waals surface area contributed by atoms with Gasteiger partial charge in [0.25, 0.3) is 5.56 Å². The van der Waals surface area contributed by atoms with Crippen LogP contribution in [0.2, 0.25) is 0 Å². The first-order valence-corrected chi connectivity index (χ1v) is 13.0. The number of rotatable bonds is 8. The van der Waals surface area contributed by atoms with Crippen LogP contribution in [0.15, 0.2) is 62.6 Å². The van der Waals surface area contributed by atoms with Gasteiger partial charge in [0.2, 0.25) is 0 Å². The molecule has 2 N–H and O–H groups in total. The highest BCUT2D eigenvalue weighted by atomic mass is 16.5. The van der Waals surface area contributed by atoms with Crippen LogP contribution >= 0.6 is 0 Å². The molecule has 198 valence electrons. The highest BCUT2D eigenvalue weighted by Gasteiger charge is 2.32. The smallest absolute Gasteiger partial charge is 0.388 e. The molecule has 4 aromatic rings. The first-order valence-electron chi connectivity index (χ1n) is 13.0. The Morgan fingerprint density at radius 3 is 2.53 bits per heavy atom. The summed E-state index contributed by atoms with van der Waals surface area (Å²) < 4.78 is 11.8. The van der Waals surface area contributed by atoms with Gasteiger partial charge in [-0.05, 0) is 36.1 Å². The molecule has 2 aromatic heterocycles. The number of aromatic nitrogens is 4. The van der Waals surface area contributed by atoms with Crippen LogP contribution in [0.3, 0.4) is 0 Å². The number of nitrogens with one attached hydrogen (secondary N) is 1. The molecule has 1 aliphatic heterocycles. The molecule has 0 spiro atoms. The van der Waals surface area contributed by atoms with Crippen LogP contribution in [0.4, 0.5) is 0 Å². The molecule has 2 aromatic carbocycles. The molecule has 0 saturated carbocycles. The van der Waals surface area contributed by atoms with Gasteiger partial charge in [0.15, 0.2) is 5.82 Å². The lowest BCUT2D eigenvalue weighted by molar-refractivity contribution is -0.0737. The fourth-order valence-electron chi connectivity index (χ4n) is 5.08. The first-order chi connectivity index (χ1) is 18.4. The fraction of sp³-hybridized carbons (Fsp3) is 0.379. The zero-order valence-corrected chi connectivity index (χ0v) is 21.7. The molecular weight excluding hydrogens is 484 g/mol. The van der Waals surface area contributed by atoms with Gasteiger partial charge in [0, 0.05) is 43.6 Å². The zero-order valence-electron chi connectivity index (χ0n) is 21.7. The SMILES string of the molecule is CCCc1nc(C)n(CC2(O)CCOCC2)c(=O)c1Cc1ccc(-c2ccccc2)c(-c2noc(=O)[nH]2)c1. The number of aryl methyl sites for hydroxylation is 2. The van der Waals surface area contributed by atoms with Crippen LogP contribution in [0.25, 0.3) is 22.5 Å². The number of hydrogen-bond donors (Lipinski definition) is 2. The molecule has 0 radical (unpaired) electrons. The average Bonchev–Trinajstić information content (AvgIpc) is 3.36. The van der Waals surface area contributed by atoms with Gasteiger partial charge < -0.3 is 9.84 Å². The molecule has 1 aliphatic rings. The van der Waals surface area contributed by atoms with Crippen molar-refractivity contribution in [1.82, 2.24) is 19.7 Å². The normalized spacial score (nSPS) is 15.0. The second-order valence-electron chi connectivity index (χ2n) is 9.93. The van der Waals surface area contributed by atoms with Gasteiger partial charge in [0.05, 0.1) is 17.8 Å². The third-order valence-corrected chi connectivity index (χ3v) is 7.15. The highest BCUT2D eigenvalue weighted by Crippen LogP contribution is 2.31. The van der Waals surface area contributed by atoms with Crippen LogP contribution in [0.5, 0.6) is 0 Å². The van der Waals surface area contributed by atoms with Crippen molar-refractivity contribution in [3.05, 3.63) is 92.1 Å². The van der Waals surface area contributed by atoms with E-state index in [2.05, 4.69) is 17.1 Å². The zero-order chi connectivity index (χ0) is 26.7. The standard InChI is InChI=1S/C29H32N4O5/c1-3-7-25-24(27(34)33(19(2)30-25)18-29(36)12-14-37-15-13-29)17-20-10-11-22(21-8-5-4-6-9-21)23(16-20)26-31-28(35)38-32-26/h4-6,8-11,16,36H,3,7,12-15,17-18H2,1-2H3,(H,31,32,35). The maximum atomic E-state index is 13.9. The first kappa shape index (κ1) is 25.8. The minimum Gasteiger partial charge on any atom is -0.388 e. The van der Waals surface area contributed by atoms with Crippen LogP contribution in [-0.2, 0) is 24.1 Å². The van der Waals surface area contributed by atoms with Crippen molar-refractivity contribution < 1.29 is 14.4 Å². The second kappa shape index (κ2) is 10.9. The van der Waals surface area contributed by atoms with Crippen LogP contribution < -0.4 is 11.3 Å². The third-order valence-electron chi connectivity index (χ3n) is 7.15. The Morgan fingerprint density at radius 2 is 1.84 bits per heavy atom. The quantitative estimate of drug-likeness (QED) is 0.366. The monoisotopic (exact) mass is 516 g/mol. The summed E-state index contributed by atoms with van der Waals surface area (Å²) in [7, 11) is 0. The van der Waals surface area contributed by atoms with E-state index in [4.69, 9.17) is 14.2 Å². The predicted molar refractivity (Wildman–Crippen MR) is 143 cm³/mol. The fourth-order valence-corrected chi connectivity index (χ4v) is 5.08. The molecule has 0 bridgehead atoms. The number of ether oxygens (including phenoxy) is 1. The van der Waals surface area contributed by atoms with Gasteiger partial charge in [-0.25, -0.2) is 9.78 Å². The van der Waals surface area contributed by atoms with E-state index in [1.165, 1.54) is 0 Å². The van der Waals surface area contributed by atoms with E-state index in [1.54, 1.807) is 4.57 Å². The van der Waals surface area contributed by atoms with Gasteiger partial charge in [-0.3, -0.25) is 18.9 Å². The maximum absolute atomic E-state index is 13.9. The molecule has 0 atom stereocenters. The summed E-state index contributed by atoms with van der Waals surface area (Å²) in [4.78, 5) is 33.1.